The van der Waals surface area contributed by atoms with E-state index in [1.165, 1.54) is 18.3 Å². The van der Waals surface area contributed by atoms with Gasteiger partial charge in [0.25, 0.3) is 0 Å². The molecule has 0 bridgehead atoms. The lowest BCUT2D eigenvalue weighted by molar-refractivity contribution is -0.124. The summed E-state index contributed by atoms with van der Waals surface area (Å²) in [6.07, 6.45) is 0.130. The van der Waals surface area contributed by atoms with Gasteiger partial charge in [-0.05, 0) is 30.7 Å². The van der Waals surface area contributed by atoms with Crippen molar-refractivity contribution in [1.29, 1.82) is 0 Å². The van der Waals surface area contributed by atoms with Crippen LogP contribution in [-0.4, -0.2) is 22.6 Å². The molecule has 0 unspecified atom stereocenters. The quantitative estimate of drug-likeness (QED) is 0.654. The number of Topliss-reactive ketones (excluding diaryl/α,β-unsaturated/α-hetero) is 1. The number of anilines is 2. The first-order valence-corrected chi connectivity index (χ1v) is 8.85. The molecule has 0 fully saturated rings. The summed E-state index contributed by atoms with van der Waals surface area (Å²) in [4.78, 5) is 39.1. The summed E-state index contributed by atoms with van der Waals surface area (Å²) in [5.74, 6) is -0.685. The highest BCUT2D eigenvalue weighted by Gasteiger charge is 2.11. The first-order chi connectivity index (χ1) is 12.5. The van der Waals surface area contributed by atoms with Crippen LogP contribution < -0.4 is 10.6 Å². The third-order valence-electron chi connectivity index (χ3n) is 3.54. The fourth-order valence-corrected chi connectivity index (χ4v) is 3.35. The third kappa shape index (κ3) is 4.73. The van der Waals surface area contributed by atoms with Gasteiger partial charge >= 0.3 is 0 Å². The Bertz CT molecular complexity index is 967. The molecule has 6 nitrogen and oxygen atoms in total. The molecule has 7 heteroatoms. The number of nitrogens with one attached hydrogen (secondary N) is 2. The van der Waals surface area contributed by atoms with Crippen LogP contribution in [0.1, 0.15) is 18.9 Å². The van der Waals surface area contributed by atoms with Gasteiger partial charge < -0.3 is 10.6 Å². The second-order valence-corrected chi connectivity index (χ2v) is 6.87. The minimum atomic E-state index is -0.382. The van der Waals surface area contributed by atoms with Crippen LogP contribution in [-0.2, 0) is 20.8 Å². The largest absolute Gasteiger partial charge is 0.326 e. The average molecular weight is 367 g/mol. The molecular weight excluding hydrogens is 350 g/mol. The van der Waals surface area contributed by atoms with E-state index in [4.69, 9.17) is 0 Å². The van der Waals surface area contributed by atoms with Crippen molar-refractivity contribution < 1.29 is 14.4 Å². The highest BCUT2D eigenvalue weighted by Crippen LogP contribution is 2.28. The van der Waals surface area contributed by atoms with Gasteiger partial charge in [0.2, 0.25) is 11.8 Å². The molecule has 0 aliphatic heterocycles. The van der Waals surface area contributed by atoms with E-state index in [0.717, 1.165) is 10.3 Å². The highest BCUT2D eigenvalue weighted by molar-refractivity contribution is 7.22. The van der Waals surface area contributed by atoms with Gasteiger partial charge in [-0.15, -0.1) is 0 Å². The van der Waals surface area contributed by atoms with E-state index in [1.54, 1.807) is 12.1 Å². The van der Waals surface area contributed by atoms with Crippen molar-refractivity contribution >= 4 is 50.0 Å². The molecule has 0 aliphatic rings. The lowest BCUT2D eigenvalue weighted by atomic mass is 10.1. The van der Waals surface area contributed by atoms with Crippen molar-refractivity contribution in [3.05, 3.63) is 54.1 Å². The molecule has 0 aliphatic carbocycles. The minimum absolute atomic E-state index is 0.102. The van der Waals surface area contributed by atoms with Gasteiger partial charge in [-0.1, -0.05) is 41.7 Å². The number of aromatic nitrogens is 1. The third-order valence-corrected chi connectivity index (χ3v) is 4.47. The summed E-state index contributed by atoms with van der Waals surface area (Å²) in [5, 5.41) is 5.91. The molecule has 2 aromatic carbocycles. The summed E-state index contributed by atoms with van der Waals surface area (Å²) < 4.78 is 0.834. The molecular formula is C19H17N3O3S. The zero-order valence-electron chi connectivity index (χ0n) is 14.1. The van der Waals surface area contributed by atoms with Crippen molar-refractivity contribution in [3.8, 4) is 0 Å². The van der Waals surface area contributed by atoms with Crippen LogP contribution in [0, 0.1) is 0 Å². The van der Waals surface area contributed by atoms with Crippen LogP contribution in [0.2, 0.25) is 0 Å². The molecule has 1 aromatic heterocycles. The van der Waals surface area contributed by atoms with Crippen LogP contribution in [0.4, 0.5) is 10.8 Å². The average Bonchev–Trinajstić information content (AvgIpc) is 2.96. The van der Waals surface area contributed by atoms with Gasteiger partial charge in [0, 0.05) is 5.69 Å². The standard InChI is InChI=1S/C19H17N3O3S/c1-12(23)9-17(24)22-19-21-15-8-7-14(11-16(15)26-19)20-18(25)10-13-5-3-2-4-6-13/h2-8,11H,9-10H2,1H3,(H,20,25)(H,21,22,24). The molecule has 0 spiro atoms. The number of carbonyl (C=O) groups excluding carboxylic acids is 3. The van der Waals surface area contributed by atoms with Crippen LogP contribution in [0.3, 0.4) is 0 Å². The molecule has 0 saturated carbocycles. The Balaban J connectivity index is 1.68. The number of nitrogens with zero attached hydrogens (tertiary/aromatic N) is 1. The van der Waals surface area contributed by atoms with Gasteiger partial charge in [-0.2, -0.15) is 0 Å². The highest BCUT2D eigenvalue weighted by atomic mass is 32.1. The monoisotopic (exact) mass is 367 g/mol. The van der Waals surface area contributed by atoms with E-state index in [0.29, 0.717) is 22.8 Å². The number of hydrogen-bond acceptors (Lipinski definition) is 5. The van der Waals surface area contributed by atoms with Gasteiger partial charge in [0.15, 0.2) is 5.13 Å². The Morgan fingerprint density at radius 2 is 1.77 bits per heavy atom. The molecule has 0 atom stereocenters. The van der Waals surface area contributed by atoms with Gasteiger partial charge in [0.1, 0.15) is 5.78 Å². The Morgan fingerprint density at radius 3 is 2.50 bits per heavy atom. The van der Waals surface area contributed by atoms with E-state index in [2.05, 4.69) is 15.6 Å². The van der Waals surface area contributed by atoms with Crippen molar-refractivity contribution in [2.45, 2.75) is 19.8 Å². The maximum absolute atomic E-state index is 12.2. The molecule has 3 rings (SSSR count). The molecule has 2 N–H and O–H groups in total. The number of carbonyl (C=O) groups is 3. The van der Waals surface area contributed by atoms with Crippen LogP contribution in [0.15, 0.2) is 48.5 Å². The van der Waals surface area contributed by atoms with Crippen molar-refractivity contribution in [1.82, 2.24) is 4.98 Å². The zero-order valence-corrected chi connectivity index (χ0v) is 14.9. The lowest BCUT2D eigenvalue weighted by Crippen LogP contribution is -2.14. The molecule has 132 valence electrons. The topological polar surface area (TPSA) is 88.2 Å². The molecule has 26 heavy (non-hydrogen) atoms. The van der Waals surface area contributed by atoms with E-state index in [1.807, 2.05) is 36.4 Å². The summed E-state index contributed by atoms with van der Waals surface area (Å²) in [6, 6.07) is 14.9. The number of rotatable bonds is 6. The summed E-state index contributed by atoms with van der Waals surface area (Å²) >= 11 is 1.29. The molecule has 3 aromatic rings. The van der Waals surface area contributed by atoms with Crippen molar-refractivity contribution in [3.63, 3.8) is 0 Å². The smallest absolute Gasteiger partial charge is 0.233 e. The second kappa shape index (κ2) is 7.88. The molecule has 0 radical (unpaired) electrons. The van der Waals surface area contributed by atoms with Crippen molar-refractivity contribution in [2.75, 3.05) is 10.6 Å². The predicted octanol–water partition coefficient (Wildman–Crippen LogP) is 3.40. The van der Waals surface area contributed by atoms with Crippen LogP contribution in [0.25, 0.3) is 10.2 Å². The van der Waals surface area contributed by atoms with Gasteiger partial charge in [0.05, 0.1) is 23.1 Å². The number of benzene rings is 2. The summed E-state index contributed by atoms with van der Waals surface area (Å²) in [6.45, 7) is 1.36. The van der Waals surface area contributed by atoms with E-state index < -0.39 is 0 Å². The number of fused-ring (bicyclic) bond motifs is 1. The lowest BCUT2D eigenvalue weighted by Gasteiger charge is -2.05. The first kappa shape index (κ1) is 17.8. The second-order valence-electron chi connectivity index (χ2n) is 5.84. The van der Waals surface area contributed by atoms with E-state index in [-0.39, 0.29) is 24.0 Å². The Kier molecular flexibility index (Phi) is 5.38. The number of thiazole rings is 1. The minimum Gasteiger partial charge on any atom is -0.326 e. The summed E-state index contributed by atoms with van der Waals surface area (Å²) in [7, 11) is 0. The molecule has 1 heterocycles. The van der Waals surface area contributed by atoms with Crippen LogP contribution >= 0.6 is 11.3 Å². The number of ketones is 1. The predicted molar refractivity (Wildman–Crippen MR) is 102 cm³/mol. The number of amides is 2. The normalized spacial score (nSPS) is 10.5. The molecule has 0 saturated heterocycles. The van der Waals surface area contributed by atoms with E-state index >= 15 is 0 Å². The van der Waals surface area contributed by atoms with Gasteiger partial charge in [-0.25, -0.2) is 4.98 Å². The Hall–Kier alpha value is -3.06. The molecule has 2 amide bonds. The Labute approximate surface area is 154 Å². The summed E-state index contributed by atoms with van der Waals surface area (Å²) in [5.41, 5.74) is 2.33. The Morgan fingerprint density at radius 1 is 1.00 bits per heavy atom. The first-order valence-electron chi connectivity index (χ1n) is 8.03. The SMILES string of the molecule is CC(=O)CC(=O)Nc1nc2ccc(NC(=O)Cc3ccccc3)cc2s1. The van der Waals surface area contributed by atoms with Crippen LogP contribution in [0.5, 0.6) is 0 Å². The van der Waals surface area contributed by atoms with E-state index in [9.17, 15) is 14.4 Å². The maximum atomic E-state index is 12.2. The number of hydrogen-bond donors (Lipinski definition) is 2. The zero-order chi connectivity index (χ0) is 18.5. The maximum Gasteiger partial charge on any atom is 0.233 e. The van der Waals surface area contributed by atoms with Crippen molar-refractivity contribution in [2.24, 2.45) is 0 Å². The van der Waals surface area contributed by atoms with Gasteiger partial charge in [-0.3, -0.25) is 14.4 Å². The fraction of sp³-hybridized carbons (Fsp3) is 0.158. The fourth-order valence-electron chi connectivity index (χ4n) is 2.43.